The first kappa shape index (κ1) is 14.2. The molecule has 1 atom stereocenters. The third-order valence-corrected chi connectivity index (χ3v) is 1.05. The molecule has 0 aliphatic heterocycles. The summed E-state index contributed by atoms with van der Waals surface area (Å²) in [5, 5.41) is 16.6. The number of primary amides is 1. The van der Waals surface area contributed by atoms with Gasteiger partial charge in [0.2, 0.25) is 5.91 Å². The molecule has 0 fully saturated rings. The van der Waals surface area contributed by atoms with Crippen LogP contribution in [0.3, 0.4) is 0 Å². The van der Waals surface area contributed by atoms with E-state index in [2.05, 4.69) is 12.3 Å². The van der Waals surface area contributed by atoms with E-state index in [0.29, 0.717) is 12.8 Å². The van der Waals surface area contributed by atoms with Crippen LogP contribution in [0, 0.1) is 0 Å². The van der Waals surface area contributed by atoms with Gasteiger partial charge in [-0.3, -0.25) is 4.79 Å². The Bertz CT molecular complexity index is 179. The Balaban J connectivity index is 0. The van der Waals surface area contributed by atoms with Crippen LogP contribution in [-0.4, -0.2) is 28.2 Å². The highest BCUT2D eigenvalue weighted by atomic mass is 16.4. The second kappa shape index (κ2) is 8.73. The van der Waals surface area contributed by atoms with Crippen molar-refractivity contribution in [2.75, 3.05) is 0 Å². The van der Waals surface area contributed by atoms with E-state index < -0.39 is 18.0 Å². The number of carboxylic acid groups (broad SMARTS) is 1. The Morgan fingerprint density at radius 1 is 1.62 bits per heavy atom. The van der Waals surface area contributed by atoms with Crippen LogP contribution in [-0.2, 0) is 9.59 Å². The number of aliphatic hydroxyl groups excluding tert-OH is 1. The molecule has 0 aliphatic carbocycles. The third kappa shape index (κ3) is 13.6. The molecule has 1 unspecified atom stereocenters. The monoisotopic (exact) mass is 189 g/mol. The lowest BCUT2D eigenvalue weighted by molar-refractivity contribution is -0.146. The minimum Gasteiger partial charge on any atom is -0.479 e. The fourth-order valence-electron chi connectivity index (χ4n) is 0.397. The van der Waals surface area contributed by atoms with Crippen LogP contribution in [0.2, 0.25) is 0 Å². The summed E-state index contributed by atoms with van der Waals surface area (Å²) in [6.07, 6.45) is 0.933. The third-order valence-electron chi connectivity index (χ3n) is 1.05. The average molecular weight is 189 g/mol. The zero-order valence-corrected chi connectivity index (χ0v) is 7.56. The number of carbonyl (C=O) groups excluding carboxylic acids is 1. The first-order valence-corrected chi connectivity index (χ1v) is 3.78. The van der Waals surface area contributed by atoms with Crippen LogP contribution in [0.25, 0.3) is 0 Å². The number of aliphatic hydroxyl groups is 1. The number of amides is 1. The van der Waals surface area contributed by atoms with E-state index >= 15 is 0 Å². The molecule has 0 spiro atoms. The molecule has 0 rings (SSSR count). The summed E-state index contributed by atoms with van der Waals surface area (Å²) in [4.78, 5) is 19.3. The molecule has 0 saturated heterocycles. The molecule has 0 radical (unpaired) electrons. The van der Waals surface area contributed by atoms with Crippen molar-refractivity contribution in [1.82, 2.24) is 0 Å². The van der Waals surface area contributed by atoms with E-state index in [1.165, 1.54) is 0 Å². The number of rotatable bonds is 4. The van der Waals surface area contributed by atoms with E-state index in [4.69, 9.17) is 10.2 Å². The van der Waals surface area contributed by atoms with Gasteiger partial charge in [0.05, 0.1) is 0 Å². The minimum atomic E-state index is -1.17. The SMILES string of the molecule is C=CC(N)=O.CCCC(O)C(=O)O. The van der Waals surface area contributed by atoms with Crippen molar-refractivity contribution in [1.29, 1.82) is 0 Å². The maximum Gasteiger partial charge on any atom is 0.332 e. The summed E-state index contributed by atoms with van der Waals surface area (Å²) in [5.74, 6) is -1.61. The molecule has 0 aromatic heterocycles. The van der Waals surface area contributed by atoms with Gasteiger partial charge in [0.1, 0.15) is 0 Å². The molecule has 5 heteroatoms. The van der Waals surface area contributed by atoms with Gasteiger partial charge < -0.3 is 15.9 Å². The lowest BCUT2D eigenvalue weighted by atomic mass is 10.2. The Morgan fingerprint density at radius 3 is 2.08 bits per heavy atom. The first-order chi connectivity index (χ1) is 5.95. The van der Waals surface area contributed by atoms with Crippen LogP contribution in [0.15, 0.2) is 12.7 Å². The van der Waals surface area contributed by atoms with Crippen molar-refractivity contribution < 1.29 is 19.8 Å². The number of nitrogens with two attached hydrogens (primary N) is 1. The van der Waals surface area contributed by atoms with Crippen LogP contribution in [0.1, 0.15) is 19.8 Å². The van der Waals surface area contributed by atoms with Crippen molar-refractivity contribution in [2.24, 2.45) is 5.73 Å². The Kier molecular flexibility index (Phi) is 9.53. The molecule has 5 nitrogen and oxygen atoms in total. The fraction of sp³-hybridized carbons (Fsp3) is 0.500. The molecular weight excluding hydrogens is 174 g/mol. The summed E-state index contributed by atoms with van der Waals surface area (Å²) in [7, 11) is 0. The maximum absolute atomic E-state index is 9.84. The van der Waals surface area contributed by atoms with Gasteiger partial charge in [0.25, 0.3) is 0 Å². The molecule has 0 aromatic carbocycles. The summed E-state index contributed by atoms with van der Waals surface area (Å²) in [5.41, 5.74) is 4.53. The number of aliphatic carboxylic acids is 1. The second-order valence-corrected chi connectivity index (χ2v) is 2.25. The van der Waals surface area contributed by atoms with Gasteiger partial charge >= 0.3 is 5.97 Å². The molecule has 1 amide bonds. The molecule has 0 heterocycles. The van der Waals surface area contributed by atoms with E-state index in [1.54, 1.807) is 0 Å². The molecule has 13 heavy (non-hydrogen) atoms. The highest BCUT2D eigenvalue weighted by Crippen LogP contribution is 1.94. The molecule has 76 valence electrons. The minimum absolute atomic E-state index is 0.343. The van der Waals surface area contributed by atoms with Crippen LogP contribution < -0.4 is 5.73 Å². The highest BCUT2D eigenvalue weighted by molar-refractivity contribution is 5.84. The lowest BCUT2D eigenvalue weighted by Gasteiger charge is -1.99. The maximum atomic E-state index is 9.84. The second-order valence-electron chi connectivity index (χ2n) is 2.25. The molecule has 0 aliphatic rings. The van der Waals surface area contributed by atoms with Crippen molar-refractivity contribution in [3.8, 4) is 0 Å². The summed E-state index contributed by atoms with van der Waals surface area (Å²) < 4.78 is 0. The fourth-order valence-corrected chi connectivity index (χ4v) is 0.397. The molecule has 0 bridgehead atoms. The van der Waals surface area contributed by atoms with Crippen LogP contribution >= 0.6 is 0 Å². The quantitative estimate of drug-likeness (QED) is 0.537. The van der Waals surface area contributed by atoms with Crippen LogP contribution in [0.4, 0.5) is 0 Å². The van der Waals surface area contributed by atoms with Gasteiger partial charge in [0, 0.05) is 0 Å². The Morgan fingerprint density at radius 2 is 2.00 bits per heavy atom. The lowest BCUT2D eigenvalue weighted by Crippen LogP contribution is -2.18. The number of carboxylic acids is 1. The van der Waals surface area contributed by atoms with Gasteiger partial charge in [-0.25, -0.2) is 4.79 Å². The molecular formula is C8H15NO4. The average Bonchev–Trinajstić information content (AvgIpc) is 2.06. The summed E-state index contributed by atoms with van der Waals surface area (Å²) in [6.45, 7) is 4.91. The number of hydrogen-bond donors (Lipinski definition) is 3. The predicted octanol–water partition coefficient (Wildman–Crippen LogP) is -0.110. The Labute approximate surface area is 76.9 Å². The van der Waals surface area contributed by atoms with Crippen molar-refractivity contribution in [3.63, 3.8) is 0 Å². The normalized spacial score (nSPS) is 10.6. The van der Waals surface area contributed by atoms with E-state index in [1.807, 2.05) is 6.92 Å². The molecule has 0 saturated carbocycles. The largest absolute Gasteiger partial charge is 0.479 e. The van der Waals surface area contributed by atoms with Crippen molar-refractivity contribution in [3.05, 3.63) is 12.7 Å². The zero-order chi connectivity index (χ0) is 10.9. The van der Waals surface area contributed by atoms with E-state index in [9.17, 15) is 9.59 Å². The van der Waals surface area contributed by atoms with Crippen molar-refractivity contribution >= 4 is 11.9 Å². The van der Waals surface area contributed by atoms with Crippen LogP contribution in [0.5, 0.6) is 0 Å². The van der Waals surface area contributed by atoms with Gasteiger partial charge in [-0.05, 0) is 12.5 Å². The van der Waals surface area contributed by atoms with Gasteiger partial charge in [-0.15, -0.1) is 0 Å². The highest BCUT2D eigenvalue weighted by Gasteiger charge is 2.09. The van der Waals surface area contributed by atoms with Gasteiger partial charge in [-0.1, -0.05) is 19.9 Å². The molecule has 4 N–H and O–H groups in total. The number of hydrogen-bond acceptors (Lipinski definition) is 3. The number of carbonyl (C=O) groups is 2. The van der Waals surface area contributed by atoms with Gasteiger partial charge in [0.15, 0.2) is 6.10 Å². The topological polar surface area (TPSA) is 101 Å². The first-order valence-electron chi connectivity index (χ1n) is 3.78. The standard InChI is InChI=1S/C5H10O3.C3H5NO/c1-2-3-4(6)5(7)8;1-2-3(4)5/h4,6H,2-3H2,1H3,(H,7,8);2H,1H2,(H2,4,5). The smallest absolute Gasteiger partial charge is 0.332 e. The van der Waals surface area contributed by atoms with E-state index in [0.717, 1.165) is 6.08 Å². The van der Waals surface area contributed by atoms with Crippen molar-refractivity contribution in [2.45, 2.75) is 25.9 Å². The molecule has 0 aromatic rings. The zero-order valence-electron chi connectivity index (χ0n) is 7.56. The summed E-state index contributed by atoms with van der Waals surface area (Å²) in [6, 6.07) is 0. The summed E-state index contributed by atoms with van der Waals surface area (Å²) >= 11 is 0. The van der Waals surface area contributed by atoms with Gasteiger partial charge in [-0.2, -0.15) is 0 Å². The van der Waals surface area contributed by atoms with E-state index in [-0.39, 0.29) is 0 Å². The predicted molar refractivity (Wildman–Crippen MR) is 47.9 cm³/mol. The Hall–Kier alpha value is -1.36.